The van der Waals surface area contributed by atoms with Crippen LogP contribution < -0.4 is 5.32 Å². The van der Waals surface area contributed by atoms with E-state index in [1.807, 2.05) is 11.9 Å². The zero-order chi connectivity index (χ0) is 20.0. The number of rotatable bonds is 5. The standard InChI is InChI=1S/C19H27F3N4O.HI/c1-25(2)17(27)12-23-18(24-16-6-4-5-7-16)26(3)13-14-8-10-15(11-9-14)19(20,21)22;/h8-11,16H,4-7,12-13H2,1-3H3,(H,23,24);1H. The van der Waals surface area contributed by atoms with Gasteiger partial charge in [0.05, 0.1) is 5.56 Å². The van der Waals surface area contributed by atoms with E-state index in [0.717, 1.165) is 43.4 Å². The van der Waals surface area contributed by atoms with Gasteiger partial charge in [-0.1, -0.05) is 25.0 Å². The molecule has 0 aliphatic heterocycles. The Balaban J connectivity index is 0.00000392. The molecule has 1 aromatic rings. The molecule has 1 amide bonds. The Morgan fingerprint density at radius 1 is 1.14 bits per heavy atom. The topological polar surface area (TPSA) is 47.9 Å². The van der Waals surface area contributed by atoms with Gasteiger partial charge in [0, 0.05) is 33.7 Å². The molecule has 9 heteroatoms. The van der Waals surface area contributed by atoms with E-state index in [-0.39, 0.29) is 36.4 Å². The highest BCUT2D eigenvalue weighted by atomic mass is 127. The highest BCUT2D eigenvalue weighted by molar-refractivity contribution is 14.0. The summed E-state index contributed by atoms with van der Waals surface area (Å²) in [6, 6.07) is 5.42. The van der Waals surface area contributed by atoms with Crippen molar-refractivity contribution in [3.8, 4) is 0 Å². The molecule has 158 valence electrons. The summed E-state index contributed by atoms with van der Waals surface area (Å²) in [7, 11) is 5.17. The Morgan fingerprint density at radius 3 is 2.21 bits per heavy atom. The molecule has 1 saturated carbocycles. The predicted molar refractivity (Wildman–Crippen MR) is 115 cm³/mol. The molecule has 0 unspecified atom stereocenters. The first-order valence-electron chi connectivity index (χ1n) is 9.05. The number of carbonyl (C=O) groups excluding carboxylic acids is 1. The fourth-order valence-corrected chi connectivity index (χ4v) is 2.96. The quantitative estimate of drug-likeness (QED) is 0.372. The van der Waals surface area contributed by atoms with Crippen LogP contribution in [-0.4, -0.2) is 55.4 Å². The van der Waals surface area contributed by atoms with Crippen molar-refractivity contribution in [3.63, 3.8) is 0 Å². The number of halogens is 4. The SMILES string of the molecule is CN(C)C(=O)CN=C(NC1CCCC1)N(C)Cc1ccc(C(F)(F)F)cc1.I. The smallest absolute Gasteiger partial charge is 0.353 e. The molecule has 0 radical (unpaired) electrons. The van der Waals surface area contributed by atoms with E-state index in [1.54, 1.807) is 14.1 Å². The molecule has 0 heterocycles. The van der Waals surface area contributed by atoms with Gasteiger partial charge in [-0.3, -0.25) is 4.79 Å². The number of nitrogens with zero attached hydrogens (tertiary/aromatic N) is 3. The second-order valence-electron chi connectivity index (χ2n) is 7.10. The molecule has 28 heavy (non-hydrogen) atoms. The third-order valence-electron chi connectivity index (χ3n) is 4.61. The second-order valence-corrected chi connectivity index (χ2v) is 7.10. The van der Waals surface area contributed by atoms with E-state index in [1.165, 1.54) is 17.0 Å². The van der Waals surface area contributed by atoms with Crippen molar-refractivity contribution in [1.29, 1.82) is 0 Å². The molecule has 0 bridgehead atoms. The van der Waals surface area contributed by atoms with Crippen LogP contribution in [0.4, 0.5) is 13.2 Å². The molecule has 0 saturated heterocycles. The van der Waals surface area contributed by atoms with Crippen molar-refractivity contribution in [1.82, 2.24) is 15.1 Å². The maximum Gasteiger partial charge on any atom is 0.416 e. The number of likely N-dealkylation sites (N-methyl/N-ethyl adjacent to an activating group) is 1. The minimum absolute atomic E-state index is 0. The normalized spacial score (nSPS) is 15.1. The first-order valence-corrected chi connectivity index (χ1v) is 9.05. The molecule has 1 aliphatic rings. The molecule has 1 N–H and O–H groups in total. The summed E-state index contributed by atoms with van der Waals surface area (Å²) < 4.78 is 38.1. The van der Waals surface area contributed by atoms with Crippen LogP contribution in [0.5, 0.6) is 0 Å². The van der Waals surface area contributed by atoms with E-state index in [4.69, 9.17) is 0 Å². The molecule has 2 rings (SSSR count). The molecule has 5 nitrogen and oxygen atoms in total. The van der Waals surface area contributed by atoms with Crippen LogP contribution in [0.15, 0.2) is 29.3 Å². The Hall–Kier alpha value is -1.52. The van der Waals surface area contributed by atoms with Crippen molar-refractivity contribution < 1.29 is 18.0 Å². The van der Waals surface area contributed by atoms with Gasteiger partial charge in [-0.05, 0) is 30.5 Å². The van der Waals surface area contributed by atoms with Crippen molar-refractivity contribution >= 4 is 35.8 Å². The number of hydrogen-bond donors (Lipinski definition) is 1. The number of guanidine groups is 1. The molecule has 1 aliphatic carbocycles. The largest absolute Gasteiger partial charge is 0.416 e. The second kappa shape index (κ2) is 10.9. The van der Waals surface area contributed by atoms with Crippen LogP contribution in [0.25, 0.3) is 0 Å². The minimum atomic E-state index is -4.34. The highest BCUT2D eigenvalue weighted by Crippen LogP contribution is 2.29. The van der Waals surface area contributed by atoms with Gasteiger partial charge in [0.15, 0.2) is 5.96 Å². The fourth-order valence-electron chi connectivity index (χ4n) is 2.96. The summed E-state index contributed by atoms with van der Waals surface area (Å²) >= 11 is 0. The summed E-state index contributed by atoms with van der Waals surface area (Å²) in [5.41, 5.74) is 0.0776. The Kier molecular flexibility index (Phi) is 9.52. The molecule has 0 spiro atoms. The number of benzene rings is 1. The number of amides is 1. The minimum Gasteiger partial charge on any atom is -0.353 e. The van der Waals surface area contributed by atoms with Crippen LogP contribution in [0.2, 0.25) is 0 Å². The average molecular weight is 512 g/mol. The molecular weight excluding hydrogens is 484 g/mol. The first kappa shape index (κ1) is 24.5. The van der Waals surface area contributed by atoms with Crippen LogP contribution in [0.3, 0.4) is 0 Å². The van der Waals surface area contributed by atoms with E-state index in [2.05, 4.69) is 10.3 Å². The molecule has 0 aromatic heterocycles. The summed E-state index contributed by atoms with van der Waals surface area (Å²) in [6.07, 6.45) is 0.0749. The third-order valence-corrected chi connectivity index (χ3v) is 4.61. The van der Waals surface area contributed by atoms with Crippen LogP contribution in [-0.2, 0) is 17.5 Å². The summed E-state index contributed by atoms with van der Waals surface area (Å²) in [4.78, 5) is 19.6. The van der Waals surface area contributed by atoms with Gasteiger partial charge in [-0.2, -0.15) is 13.2 Å². The zero-order valence-corrected chi connectivity index (χ0v) is 18.8. The lowest BCUT2D eigenvalue weighted by molar-refractivity contribution is -0.137. The van der Waals surface area contributed by atoms with Gasteiger partial charge in [-0.15, -0.1) is 24.0 Å². The van der Waals surface area contributed by atoms with Gasteiger partial charge in [-0.25, -0.2) is 4.99 Å². The van der Waals surface area contributed by atoms with E-state index < -0.39 is 11.7 Å². The van der Waals surface area contributed by atoms with Gasteiger partial charge < -0.3 is 15.1 Å². The van der Waals surface area contributed by atoms with Crippen LogP contribution in [0, 0.1) is 0 Å². The number of carbonyl (C=O) groups is 1. The molecular formula is C19H28F3IN4O. The van der Waals surface area contributed by atoms with Gasteiger partial charge >= 0.3 is 6.18 Å². The zero-order valence-electron chi connectivity index (χ0n) is 16.4. The van der Waals surface area contributed by atoms with Crippen LogP contribution in [0.1, 0.15) is 36.8 Å². The van der Waals surface area contributed by atoms with Crippen LogP contribution >= 0.6 is 24.0 Å². The Labute approximate surface area is 181 Å². The summed E-state index contributed by atoms with van der Waals surface area (Å²) in [5.74, 6) is 0.487. The number of alkyl halides is 3. The van der Waals surface area contributed by atoms with E-state index in [9.17, 15) is 18.0 Å². The lowest BCUT2D eigenvalue weighted by Gasteiger charge is -2.25. The Morgan fingerprint density at radius 2 is 1.71 bits per heavy atom. The van der Waals surface area contributed by atoms with Crippen molar-refractivity contribution in [2.75, 3.05) is 27.7 Å². The number of hydrogen-bond acceptors (Lipinski definition) is 2. The number of aliphatic imine (C=N–C) groups is 1. The van der Waals surface area contributed by atoms with Crippen molar-refractivity contribution in [2.24, 2.45) is 4.99 Å². The lowest BCUT2D eigenvalue weighted by Crippen LogP contribution is -2.43. The predicted octanol–water partition coefficient (Wildman–Crippen LogP) is 3.73. The van der Waals surface area contributed by atoms with Gasteiger partial charge in [0.25, 0.3) is 0 Å². The maximum absolute atomic E-state index is 12.7. The highest BCUT2D eigenvalue weighted by Gasteiger charge is 2.30. The number of nitrogens with one attached hydrogen (secondary N) is 1. The summed E-state index contributed by atoms with van der Waals surface area (Å²) in [6.45, 7) is 0.423. The van der Waals surface area contributed by atoms with Gasteiger partial charge in [0.1, 0.15) is 6.54 Å². The lowest BCUT2D eigenvalue weighted by atomic mass is 10.1. The molecule has 1 aromatic carbocycles. The molecule has 1 fully saturated rings. The van der Waals surface area contributed by atoms with E-state index >= 15 is 0 Å². The Bertz CT molecular complexity index is 656. The third kappa shape index (κ3) is 7.48. The molecule has 0 atom stereocenters. The summed E-state index contributed by atoms with van der Waals surface area (Å²) in [5, 5.41) is 3.39. The fraction of sp³-hybridized carbons (Fsp3) is 0.579. The van der Waals surface area contributed by atoms with E-state index in [0.29, 0.717) is 18.5 Å². The maximum atomic E-state index is 12.7. The average Bonchev–Trinajstić information content (AvgIpc) is 3.10. The van der Waals surface area contributed by atoms with Gasteiger partial charge in [0.2, 0.25) is 5.91 Å². The van der Waals surface area contributed by atoms with Crippen molar-refractivity contribution in [3.05, 3.63) is 35.4 Å². The van der Waals surface area contributed by atoms with Crippen molar-refractivity contribution in [2.45, 2.75) is 44.4 Å². The first-order chi connectivity index (χ1) is 12.7. The monoisotopic (exact) mass is 512 g/mol.